The molecule has 1 aromatic heterocycles. The molecule has 17 heavy (non-hydrogen) atoms. The number of hydrogen-bond acceptors (Lipinski definition) is 4. The summed E-state index contributed by atoms with van der Waals surface area (Å²) in [6.45, 7) is 6.52. The van der Waals surface area contributed by atoms with E-state index in [0.717, 1.165) is 12.8 Å². The molecule has 1 saturated carbocycles. The Bertz CT molecular complexity index is 468. The van der Waals surface area contributed by atoms with Crippen LogP contribution in [0.5, 0.6) is 0 Å². The zero-order valence-electron chi connectivity index (χ0n) is 10.7. The summed E-state index contributed by atoms with van der Waals surface area (Å²) in [4.78, 5) is 16.4. The van der Waals surface area contributed by atoms with E-state index in [1.165, 1.54) is 0 Å². The molecular weight excluding hydrogens is 216 g/mol. The molecule has 0 saturated heterocycles. The summed E-state index contributed by atoms with van der Waals surface area (Å²) in [7, 11) is 0. The molecule has 1 aromatic rings. The molecule has 0 spiro atoms. The summed E-state index contributed by atoms with van der Waals surface area (Å²) in [6.07, 6.45) is 5.39. The standard InChI is InChI=1S/C12H20N4O/c1-11(2,3)16-7-6-14-9(10(16)17)15-12(8-13)4-5-12/h6-7H,4-5,8,13H2,1-3H3,(H,14,15). The predicted octanol–water partition coefficient (Wildman–Crippen LogP) is 0.901. The van der Waals surface area contributed by atoms with Gasteiger partial charge < -0.3 is 15.6 Å². The van der Waals surface area contributed by atoms with Gasteiger partial charge in [0.25, 0.3) is 5.56 Å². The summed E-state index contributed by atoms with van der Waals surface area (Å²) in [5.74, 6) is 0.408. The van der Waals surface area contributed by atoms with Crippen LogP contribution in [0.3, 0.4) is 0 Å². The first-order valence-electron chi connectivity index (χ1n) is 5.94. The van der Waals surface area contributed by atoms with E-state index in [1.807, 2.05) is 20.8 Å². The zero-order valence-corrected chi connectivity index (χ0v) is 10.7. The minimum Gasteiger partial charge on any atom is -0.359 e. The van der Waals surface area contributed by atoms with Crippen molar-refractivity contribution in [3.63, 3.8) is 0 Å². The van der Waals surface area contributed by atoms with Gasteiger partial charge >= 0.3 is 0 Å². The number of nitrogens with one attached hydrogen (secondary N) is 1. The second-order valence-corrected chi connectivity index (χ2v) is 5.73. The summed E-state index contributed by atoms with van der Waals surface area (Å²) in [5, 5.41) is 3.19. The van der Waals surface area contributed by atoms with Gasteiger partial charge in [-0.3, -0.25) is 4.79 Å². The monoisotopic (exact) mass is 236 g/mol. The first-order valence-corrected chi connectivity index (χ1v) is 5.94. The van der Waals surface area contributed by atoms with Gasteiger partial charge in [0.15, 0.2) is 5.82 Å². The van der Waals surface area contributed by atoms with Crippen LogP contribution in [0.4, 0.5) is 5.82 Å². The minimum atomic E-state index is -0.240. The average molecular weight is 236 g/mol. The zero-order chi connectivity index (χ0) is 12.7. The van der Waals surface area contributed by atoms with Crippen molar-refractivity contribution in [2.75, 3.05) is 11.9 Å². The fourth-order valence-corrected chi connectivity index (χ4v) is 1.81. The molecule has 0 atom stereocenters. The lowest BCUT2D eigenvalue weighted by Crippen LogP contribution is -2.39. The van der Waals surface area contributed by atoms with E-state index < -0.39 is 0 Å². The second-order valence-electron chi connectivity index (χ2n) is 5.73. The number of aromatic nitrogens is 2. The van der Waals surface area contributed by atoms with E-state index in [1.54, 1.807) is 17.0 Å². The first-order chi connectivity index (χ1) is 7.88. The normalized spacial score (nSPS) is 17.9. The van der Waals surface area contributed by atoms with Crippen molar-refractivity contribution in [3.05, 3.63) is 22.7 Å². The average Bonchev–Trinajstić information content (AvgIpc) is 3.00. The molecule has 0 aromatic carbocycles. The van der Waals surface area contributed by atoms with Crippen LogP contribution in [0, 0.1) is 0 Å². The molecule has 0 unspecified atom stereocenters. The van der Waals surface area contributed by atoms with Crippen LogP contribution < -0.4 is 16.6 Å². The molecule has 1 heterocycles. The number of nitrogens with two attached hydrogens (primary N) is 1. The van der Waals surface area contributed by atoms with E-state index in [-0.39, 0.29) is 16.6 Å². The van der Waals surface area contributed by atoms with Gasteiger partial charge in [-0.05, 0) is 33.6 Å². The van der Waals surface area contributed by atoms with Crippen molar-refractivity contribution in [1.82, 2.24) is 9.55 Å². The molecule has 0 amide bonds. The molecule has 3 N–H and O–H groups in total. The van der Waals surface area contributed by atoms with Crippen LogP contribution in [-0.4, -0.2) is 21.6 Å². The Balaban J connectivity index is 2.34. The highest BCUT2D eigenvalue weighted by atomic mass is 16.1. The fraction of sp³-hybridized carbons (Fsp3) is 0.667. The lowest BCUT2D eigenvalue weighted by molar-refractivity contribution is 0.383. The quantitative estimate of drug-likeness (QED) is 0.818. The van der Waals surface area contributed by atoms with Crippen molar-refractivity contribution in [1.29, 1.82) is 0 Å². The lowest BCUT2D eigenvalue weighted by Gasteiger charge is -2.23. The van der Waals surface area contributed by atoms with Gasteiger partial charge in [-0.15, -0.1) is 0 Å². The molecular formula is C12H20N4O. The van der Waals surface area contributed by atoms with E-state index in [4.69, 9.17) is 5.73 Å². The van der Waals surface area contributed by atoms with Crippen LogP contribution in [0.15, 0.2) is 17.2 Å². The van der Waals surface area contributed by atoms with Gasteiger partial charge in [-0.25, -0.2) is 4.98 Å². The third-order valence-corrected chi connectivity index (χ3v) is 3.19. The predicted molar refractivity (Wildman–Crippen MR) is 68.1 cm³/mol. The maximum absolute atomic E-state index is 12.2. The number of rotatable bonds is 3. The molecule has 1 aliphatic carbocycles. The Labute approximate surface area is 101 Å². The Morgan fingerprint density at radius 2 is 2.18 bits per heavy atom. The van der Waals surface area contributed by atoms with E-state index in [9.17, 15) is 4.79 Å². The van der Waals surface area contributed by atoms with E-state index in [0.29, 0.717) is 12.4 Å². The number of hydrogen-bond donors (Lipinski definition) is 2. The molecule has 1 fully saturated rings. The van der Waals surface area contributed by atoms with Gasteiger partial charge in [-0.1, -0.05) is 0 Å². The molecule has 5 nitrogen and oxygen atoms in total. The summed E-state index contributed by atoms with van der Waals surface area (Å²) < 4.78 is 1.69. The number of nitrogens with zero attached hydrogens (tertiary/aromatic N) is 2. The molecule has 94 valence electrons. The van der Waals surface area contributed by atoms with Gasteiger partial charge in [-0.2, -0.15) is 0 Å². The maximum Gasteiger partial charge on any atom is 0.293 e. The summed E-state index contributed by atoms with van der Waals surface area (Å²) >= 11 is 0. The van der Waals surface area contributed by atoms with Crippen molar-refractivity contribution in [2.24, 2.45) is 5.73 Å². The van der Waals surface area contributed by atoms with Gasteiger partial charge in [0.05, 0.1) is 5.54 Å². The Morgan fingerprint density at radius 3 is 2.65 bits per heavy atom. The molecule has 2 rings (SSSR count). The third-order valence-electron chi connectivity index (χ3n) is 3.19. The highest BCUT2D eigenvalue weighted by Crippen LogP contribution is 2.36. The largest absolute Gasteiger partial charge is 0.359 e. The molecule has 0 bridgehead atoms. The molecule has 0 aliphatic heterocycles. The van der Waals surface area contributed by atoms with Gasteiger partial charge in [0.1, 0.15) is 0 Å². The van der Waals surface area contributed by atoms with Crippen molar-refractivity contribution >= 4 is 5.82 Å². The van der Waals surface area contributed by atoms with E-state index in [2.05, 4.69) is 10.3 Å². The van der Waals surface area contributed by atoms with Crippen LogP contribution in [-0.2, 0) is 5.54 Å². The second kappa shape index (κ2) is 3.84. The summed E-state index contributed by atoms with van der Waals surface area (Å²) in [6, 6.07) is 0. The maximum atomic E-state index is 12.2. The van der Waals surface area contributed by atoms with Crippen molar-refractivity contribution < 1.29 is 0 Å². The van der Waals surface area contributed by atoms with Crippen molar-refractivity contribution in [3.8, 4) is 0 Å². The smallest absolute Gasteiger partial charge is 0.293 e. The minimum absolute atomic E-state index is 0.0836. The van der Waals surface area contributed by atoms with Crippen LogP contribution in [0.25, 0.3) is 0 Å². The first kappa shape index (κ1) is 12.1. The third kappa shape index (κ3) is 2.34. The number of anilines is 1. The topological polar surface area (TPSA) is 72.9 Å². The Kier molecular flexibility index (Phi) is 2.73. The van der Waals surface area contributed by atoms with Crippen LogP contribution >= 0.6 is 0 Å². The van der Waals surface area contributed by atoms with Crippen LogP contribution in [0.1, 0.15) is 33.6 Å². The molecule has 5 heteroatoms. The summed E-state index contributed by atoms with van der Waals surface area (Å²) in [5.41, 5.74) is 5.27. The lowest BCUT2D eigenvalue weighted by atomic mass is 10.1. The highest BCUT2D eigenvalue weighted by molar-refractivity contribution is 5.38. The molecule has 1 aliphatic rings. The van der Waals surface area contributed by atoms with Gasteiger partial charge in [0, 0.05) is 24.5 Å². The SMILES string of the molecule is CC(C)(C)n1ccnc(NC2(CN)CC2)c1=O. The Hall–Kier alpha value is -1.36. The fourth-order valence-electron chi connectivity index (χ4n) is 1.81. The highest BCUT2D eigenvalue weighted by Gasteiger charge is 2.42. The van der Waals surface area contributed by atoms with Gasteiger partial charge in [0.2, 0.25) is 0 Å². The Morgan fingerprint density at radius 1 is 1.53 bits per heavy atom. The van der Waals surface area contributed by atoms with Crippen LogP contribution in [0.2, 0.25) is 0 Å². The van der Waals surface area contributed by atoms with Crippen molar-refractivity contribution in [2.45, 2.75) is 44.7 Å². The van der Waals surface area contributed by atoms with E-state index >= 15 is 0 Å². The molecule has 0 radical (unpaired) electrons.